The van der Waals surface area contributed by atoms with E-state index in [9.17, 15) is 8.42 Å². The summed E-state index contributed by atoms with van der Waals surface area (Å²) in [7, 11) is -1.59. The summed E-state index contributed by atoms with van der Waals surface area (Å²) in [6.07, 6.45) is 4.22. The fourth-order valence-electron chi connectivity index (χ4n) is 2.42. The molecule has 0 spiro atoms. The van der Waals surface area contributed by atoms with E-state index in [-0.39, 0.29) is 6.04 Å². The first-order valence-corrected chi connectivity index (χ1v) is 9.16. The molecule has 0 radical (unpaired) electrons. The summed E-state index contributed by atoms with van der Waals surface area (Å²) in [5, 5.41) is 3.06. The van der Waals surface area contributed by atoms with Gasteiger partial charge in [-0.3, -0.25) is 0 Å². The summed E-state index contributed by atoms with van der Waals surface area (Å²) in [6.45, 7) is 6.61. The van der Waals surface area contributed by atoms with Gasteiger partial charge in [-0.25, -0.2) is 13.1 Å². The Balaban J connectivity index is 2.85. The van der Waals surface area contributed by atoms with Gasteiger partial charge in [0.15, 0.2) is 0 Å². The van der Waals surface area contributed by atoms with E-state index < -0.39 is 10.0 Å². The van der Waals surface area contributed by atoms with Crippen molar-refractivity contribution in [1.29, 1.82) is 0 Å². The number of hydrogen-bond acceptors (Lipinski definition) is 3. The predicted molar refractivity (Wildman–Crippen MR) is 87.9 cm³/mol. The second-order valence-corrected chi connectivity index (χ2v) is 7.27. The third-order valence-corrected chi connectivity index (χ3v) is 5.38. The molecule has 0 heterocycles. The minimum absolute atomic E-state index is 0.0334. The molecular weight excluding hydrogens is 284 g/mol. The molecule has 0 aliphatic heterocycles. The first-order chi connectivity index (χ1) is 9.92. The van der Waals surface area contributed by atoms with Gasteiger partial charge in [0, 0.05) is 12.6 Å². The topological polar surface area (TPSA) is 58.2 Å². The van der Waals surface area contributed by atoms with Gasteiger partial charge in [-0.05, 0) is 44.5 Å². The van der Waals surface area contributed by atoms with E-state index in [4.69, 9.17) is 0 Å². The van der Waals surface area contributed by atoms with E-state index in [0.29, 0.717) is 11.4 Å². The summed E-state index contributed by atoms with van der Waals surface area (Å²) in [5.41, 5.74) is 1.83. The molecule has 0 amide bonds. The second kappa shape index (κ2) is 8.51. The van der Waals surface area contributed by atoms with Gasteiger partial charge in [0.1, 0.15) is 0 Å². The maximum atomic E-state index is 12.5. The smallest absolute Gasteiger partial charge is 0.241 e. The summed E-state index contributed by atoms with van der Waals surface area (Å²) < 4.78 is 27.8. The third kappa shape index (κ3) is 5.41. The first kappa shape index (κ1) is 18.1. The second-order valence-electron chi connectivity index (χ2n) is 5.59. The largest absolute Gasteiger partial charge is 0.316 e. The van der Waals surface area contributed by atoms with E-state index in [2.05, 4.69) is 17.0 Å². The minimum atomic E-state index is -3.45. The molecule has 1 aromatic rings. The zero-order chi connectivity index (χ0) is 15.9. The van der Waals surface area contributed by atoms with Gasteiger partial charge in [-0.1, -0.05) is 38.3 Å². The Morgan fingerprint density at radius 1 is 1.24 bits per heavy atom. The van der Waals surface area contributed by atoms with E-state index in [1.54, 1.807) is 12.1 Å². The highest BCUT2D eigenvalue weighted by atomic mass is 32.2. The van der Waals surface area contributed by atoms with Crippen molar-refractivity contribution in [2.45, 2.75) is 63.9 Å². The van der Waals surface area contributed by atoms with Crippen molar-refractivity contribution >= 4 is 10.0 Å². The van der Waals surface area contributed by atoms with Gasteiger partial charge in [-0.2, -0.15) is 0 Å². The number of unbranched alkanes of at least 4 members (excludes halogenated alkanes) is 2. The SMILES string of the molecule is CCCCCC(C)NS(=O)(=O)c1cccc(CNC)c1C. The molecule has 0 saturated heterocycles. The van der Waals surface area contributed by atoms with Crippen molar-refractivity contribution in [2.24, 2.45) is 0 Å². The van der Waals surface area contributed by atoms with E-state index in [1.807, 2.05) is 27.0 Å². The molecule has 1 atom stereocenters. The average molecular weight is 312 g/mol. The van der Waals surface area contributed by atoms with Crippen molar-refractivity contribution in [3.05, 3.63) is 29.3 Å². The molecule has 21 heavy (non-hydrogen) atoms. The van der Waals surface area contributed by atoms with Crippen LogP contribution in [0.25, 0.3) is 0 Å². The molecule has 0 fully saturated rings. The lowest BCUT2D eigenvalue weighted by atomic mass is 10.1. The molecule has 5 heteroatoms. The molecule has 0 aliphatic carbocycles. The summed E-state index contributed by atoms with van der Waals surface area (Å²) >= 11 is 0. The van der Waals surface area contributed by atoms with Crippen molar-refractivity contribution in [3.8, 4) is 0 Å². The van der Waals surface area contributed by atoms with E-state index in [1.165, 1.54) is 0 Å². The summed E-state index contributed by atoms with van der Waals surface area (Å²) in [5.74, 6) is 0. The van der Waals surface area contributed by atoms with Crippen LogP contribution >= 0.6 is 0 Å². The van der Waals surface area contributed by atoms with Crippen molar-refractivity contribution < 1.29 is 8.42 Å². The van der Waals surface area contributed by atoms with Crippen LogP contribution in [0.2, 0.25) is 0 Å². The van der Waals surface area contributed by atoms with Gasteiger partial charge >= 0.3 is 0 Å². The molecule has 2 N–H and O–H groups in total. The zero-order valence-corrected chi connectivity index (χ0v) is 14.4. The molecular formula is C16H28N2O2S. The highest BCUT2D eigenvalue weighted by molar-refractivity contribution is 7.89. The van der Waals surface area contributed by atoms with Gasteiger partial charge < -0.3 is 5.32 Å². The predicted octanol–water partition coefficient (Wildman–Crippen LogP) is 2.96. The van der Waals surface area contributed by atoms with Crippen molar-refractivity contribution in [1.82, 2.24) is 10.0 Å². The minimum Gasteiger partial charge on any atom is -0.316 e. The number of hydrogen-bond donors (Lipinski definition) is 2. The molecule has 4 nitrogen and oxygen atoms in total. The van der Waals surface area contributed by atoms with Gasteiger partial charge in [-0.15, -0.1) is 0 Å². The lowest BCUT2D eigenvalue weighted by Crippen LogP contribution is -2.33. The lowest BCUT2D eigenvalue weighted by molar-refractivity contribution is 0.527. The molecule has 0 aliphatic rings. The van der Waals surface area contributed by atoms with Crippen LogP contribution in [-0.2, 0) is 16.6 Å². The van der Waals surface area contributed by atoms with Crippen LogP contribution in [0.1, 0.15) is 50.7 Å². The Bertz CT molecular complexity index is 541. The fraction of sp³-hybridized carbons (Fsp3) is 0.625. The van der Waals surface area contributed by atoms with Crippen LogP contribution in [0.5, 0.6) is 0 Å². The molecule has 1 rings (SSSR count). The molecule has 0 saturated carbocycles. The van der Waals surface area contributed by atoms with Crippen molar-refractivity contribution in [2.75, 3.05) is 7.05 Å². The van der Waals surface area contributed by atoms with Crippen LogP contribution in [-0.4, -0.2) is 21.5 Å². The van der Waals surface area contributed by atoms with E-state index in [0.717, 1.165) is 36.8 Å². The Kier molecular flexibility index (Phi) is 7.35. The number of nitrogens with one attached hydrogen (secondary N) is 2. The van der Waals surface area contributed by atoms with Crippen molar-refractivity contribution in [3.63, 3.8) is 0 Å². The Morgan fingerprint density at radius 3 is 2.57 bits per heavy atom. The Morgan fingerprint density at radius 2 is 1.95 bits per heavy atom. The van der Waals surface area contributed by atoms with Gasteiger partial charge in [0.05, 0.1) is 4.90 Å². The summed E-state index contributed by atoms with van der Waals surface area (Å²) in [6, 6.07) is 5.40. The van der Waals surface area contributed by atoms with Crippen LogP contribution in [0, 0.1) is 6.92 Å². The van der Waals surface area contributed by atoms with Gasteiger partial charge in [0.2, 0.25) is 10.0 Å². The molecule has 120 valence electrons. The maximum Gasteiger partial charge on any atom is 0.241 e. The van der Waals surface area contributed by atoms with Crippen LogP contribution < -0.4 is 10.0 Å². The number of sulfonamides is 1. The normalized spacial score (nSPS) is 13.3. The molecule has 0 aromatic heterocycles. The van der Waals surface area contributed by atoms with Crippen LogP contribution in [0.15, 0.2) is 23.1 Å². The standard InChI is InChI=1S/C16H28N2O2S/c1-5-6-7-9-13(2)18-21(19,20)16-11-8-10-15(12-17-4)14(16)3/h8,10-11,13,17-18H,5-7,9,12H2,1-4H3. The van der Waals surface area contributed by atoms with Crippen LogP contribution in [0.4, 0.5) is 0 Å². The lowest BCUT2D eigenvalue weighted by Gasteiger charge is -2.16. The molecule has 0 bridgehead atoms. The Hall–Kier alpha value is -0.910. The zero-order valence-electron chi connectivity index (χ0n) is 13.6. The monoisotopic (exact) mass is 312 g/mol. The highest BCUT2D eigenvalue weighted by Gasteiger charge is 2.20. The summed E-state index contributed by atoms with van der Waals surface area (Å²) in [4.78, 5) is 0.387. The number of benzene rings is 1. The molecule has 1 aromatic carbocycles. The average Bonchev–Trinajstić information content (AvgIpc) is 2.41. The van der Waals surface area contributed by atoms with Gasteiger partial charge in [0.25, 0.3) is 0 Å². The third-order valence-electron chi connectivity index (χ3n) is 3.65. The van der Waals surface area contributed by atoms with Crippen LogP contribution in [0.3, 0.4) is 0 Å². The van der Waals surface area contributed by atoms with E-state index >= 15 is 0 Å². The Labute approximate surface area is 129 Å². The molecule has 1 unspecified atom stereocenters. The highest BCUT2D eigenvalue weighted by Crippen LogP contribution is 2.19. The number of rotatable bonds is 9. The quantitative estimate of drug-likeness (QED) is 0.689. The maximum absolute atomic E-state index is 12.5. The fourth-order valence-corrected chi connectivity index (χ4v) is 3.99. The first-order valence-electron chi connectivity index (χ1n) is 7.67.